The van der Waals surface area contributed by atoms with Crippen LogP contribution in [0.5, 0.6) is 0 Å². The Morgan fingerprint density at radius 2 is 2.04 bits per heavy atom. The Morgan fingerprint density at radius 1 is 1.30 bits per heavy atom. The van der Waals surface area contributed by atoms with Gasteiger partial charge in [-0.15, -0.1) is 0 Å². The summed E-state index contributed by atoms with van der Waals surface area (Å²) in [6.45, 7) is 10.5. The lowest BCUT2D eigenvalue weighted by Crippen LogP contribution is -2.54. The number of nitrogens with zero attached hydrogens (tertiary/aromatic N) is 4. The lowest BCUT2D eigenvalue weighted by atomic mass is 10.1. The molecule has 1 saturated heterocycles. The standard InChI is InChI=1S/C20H28N4O3/c1-5-17-12-23(10-11-24(17)14(2)3)13-18-21-19(22-27-18)15-6-8-16(9-7-15)20(25)26-4/h6-9,14,17H,5,10-13H2,1-4H3/t17-/m0/s1. The number of carbonyl (C=O) groups is 1. The summed E-state index contributed by atoms with van der Waals surface area (Å²) in [7, 11) is 1.37. The van der Waals surface area contributed by atoms with Gasteiger partial charge in [0.05, 0.1) is 19.2 Å². The highest BCUT2D eigenvalue weighted by Gasteiger charge is 2.28. The Morgan fingerprint density at radius 3 is 2.67 bits per heavy atom. The normalized spacial score (nSPS) is 18.8. The quantitative estimate of drug-likeness (QED) is 0.722. The molecule has 0 aliphatic carbocycles. The second-order valence-electron chi connectivity index (χ2n) is 7.21. The van der Waals surface area contributed by atoms with E-state index in [9.17, 15) is 4.79 Å². The summed E-state index contributed by atoms with van der Waals surface area (Å²) in [6.07, 6.45) is 1.14. The van der Waals surface area contributed by atoms with Crippen LogP contribution in [0.2, 0.25) is 0 Å². The lowest BCUT2D eigenvalue weighted by molar-refractivity contribution is 0.0409. The highest BCUT2D eigenvalue weighted by molar-refractivity contribution is 5.89. The zero-order valence-electron chi connectivity index (χ0n) is 16.5. The summed E-state index contributed by atoms with van der Waals surface area (Å²) in [5.41, 5.74) is 1.31. The summed E-state index contributed by atoms with van der Waals surface area (Å²) < 4.78 is 10.2. The minimum Gasteiger partial charge on any atom is -0.465 e. The maximum absolute atomic E-state index is 11.5. The van der Waals surface area contributed by atoms with Gasteiger partial charge < -0.3 is 9.26 Å². The van der Waals surface area contributed by atoms with Crippen molar-refractivity contribution in [2.45, 2.75) is 45.8 Å². The molecule has 0 unspecified atom stereocenters. The van der Waals surface area contributed by atoms with Crippen molar-refractivity contribution in [1.82, 2.24) is 19.9 Å². The number of benzene rings is 1. The van der Waals surface area contributed by atoms with E-state index in [1.54, 1.807) is 24.3 Å². The summed E-state index contributed by atoms with van der Waals surface area (Å²) in [4.78, 5) is 21.0. The van der Waals surface area contributed by atoms with Gasteiger partial charge in [0, 0.05) is 37.3 Å². The molecule has 7 heteroatoms. The molecule has 27 heavy (non-hydrogen) atoms. The second-order valence-corrected chi connectivity index (χ2v) is 7.21. The van der Waals surface area contributed by atoms with E-state index in [0.29, 0.717) is 35.9 Å². The van der Waals surface area contributed by atoms with Gasteiger partial charge in [0.1, 0.15) is 0 Å². The van der Waals surface area contributed by atoms with Crippen LogP contribution >= 0.6 is 0 Å². The van der Waals surface area contributed by atoms with Crippen molar-refractivity contribution < 1.29 is 14.1 Å². The Kier molecular flexibility index (Phi) is 6.23. The van der Waals surface area contributed by atoms with E-state index in [-0.39, 0.29) is 5.97 Å². The van der Waals surface area contributed by atoms with Crippen molar-refractivity contribution in [3.63, 3.8) is 0 Å². The maximum Gasteiger partial charge on any atom is 0.337 e. The maximum atomic E-state index is 11.5. The number of hydrogen-bond donors (Lipinski definition) is 0. The number of aromatic nitrogens is 2. The minimum absolute atomic E-state index is 0.360. The van der Waals surface area contributed by atoms with E-state index in [1.165, 1.54) is 7.11 Å². The Labute approximate surface area is 160 Å². The molecule has 2 heterocycles. The van der Waals surface area contributed by atoms with Gasteiger partial charge >= 0.3 is 5.97 Å². The molecule has 1 fully saturated rings. The zero-order valence-corrected chi connectivity index (χ0v) is 16.5. The third-order valence-electron chi connectivity index (χ3n) is 5.14. The van der Waals surface area contributed by atoms with E-state index >= 15 is 0 Å². The van der Waals surface area contributed by atoms with Crippen molar-refractivity contribution in [2.24, 2.45) is 0 Å². The molecule has 1 atom stereocenters. The molecule has 1 aromatic carbocycles. The Hall–Kier alpha value is -2.25. The van der Waals surface area contributed by atoms with Crippen molar-refractivity contribution in [2.75, 3.05) is 26.7 Å². The lowest BCUT2D eigenvalue weighted by Gasteiger charge is -2.43. The first-order valence-electron chi connectivity index (χ1n) is 9.51. The molecule has 3 rings (SSSR count). The molecule has 0 bridgehead atoms. The van der Waals surface area contributed by atoms with Crippen LogP contribution in [-0.4, -0.2) is 64.7 Å². The van der Waals surface area contributed by atoms with E-state index in [0.717, 1.165) is 31.6 Å². The highest BCUT2D eigenvalue weighted by Crippen LogP contribution is 2.20. The fourth-order valence-corrected chi connectivity index (χ4v) is 3.62. The van der Waals surface area contributed by atoms with Crippen molar-refractivity contribution in [3.05, 3.63) is 35.7 Å². The third kappa shape index (κ3) is 4.54. The molecular weight excluding hydrogens is 344 g/mol. The predicted molar refractivity (Wildman–Crippen MR) is 102 cm³/mol. The highest BCUT2D eigenvalue weighted by atomic mass is 16.5. The fourth-order valence-electron chi connectivity index (χ4n) is 3.62. The number of piperazine rings is 1. The van der Waals surface area contributed by atoms with Gasteiger partial charge in [-0.1, -0.05) is 24.2 Å². The number of esters is 1. The number of hydrogen-bond acceptors (Lipinski definition) is 7. The molecule has 0 amide bonds. The molecule has 1 aliphatic heterocycles. The van der Waals surface area contributed by atoms with Gasteiger partial charge in [-0.2, -0.15) is 4.98 Å². The molecule has 7 nitrogen and oxygen atoms in total. The molecule has 0 spiro atoms. The van der Waals surface area contributed by atoms with Gasteiger partial charge in [0.15, 0.2) is 0 Å². The molecule has 146 valence electrons. The Balaban J connectivity index is 1.64. The van der Waals surface area contributed by atoms with Gasteiger partial charge in [0.2, 0.25) is 11.7 Å². The number of ether oxygens (including phenoxy) is 1. The zero-order chi connectivity index (χ0) is 19.4. The van der Waals surface area contributed by atoms with Crippen molar-refractivity contribution >= 4 is 5.97 Å². The molecule has 1 aromatic heterocycles. The van der Waals surface area contributed by atoms with E-state index in [1.807, 2.05) is 0 Å². The van der Waals surface area contributed by atoms with Crippen molar-refractivity contribution in [1.29, 1.82) is 0 Å². The summed E-state index contributed by atoms with van der Waals surface area (Å²) >= 11 is 0. The van der Waals surface area contributed by atoms with Crippen molar-refractivity contribution in [3.8, 4) is 11.4 Å². The van der Waals surface area contributed by atoms with Gasteiger partial charge in [0.25, 0.3) is 0 Å². The molecule has 1 aliphatic rings. The first-order chi connectivity index (χ1) is 13.0. The smallest absolute Gasteiger partial charge is 0.337 e. The van der Waals surface area contributed by atoms with Crippen LogP contribution in [0.4, 0.5) is 0 Å². The third-order valence-corrected chi connectivity index (χ3v) is 5.14. The largest absolute Gasteiger partial charge is 0.465 e. The van der Waals surface area contributed by atoms with Gasteiger partial charge in [-0.05, 0) is 32.4 Å². The van der Waals surface area contributed by atoms with Crippen LogP contribution in [0.25, 0.3) is 11.4 Å². The Bertz CT molecular complexity index is 757. The average molecular weight is 372 g/mol. The number of carbonyl (C=O) groups excluding carboxylic acids is 1. The van der Waals surface area contributed by atoms with E-state index < -0.39 is 0 Å². The monoisotopic (exact) mass is 372 g/mol. The molecule has 0 N–H and O–H groups in total. The van der Waals surface area contributed by atoms with Gasteiger partial charge in [-0.25, -0.2) is 4.79 Å². The predicted octanol–water partition coefficient (Wildman–Crippen LogP) is 2.83. The molecular formula is C20H28N4O3. The second kappa shape index (κ2) is 8.63. The topological polar surface area (TPSA) is 71.7 Å². The van der Waals surface area contributed by atoms with Gasteiger partial charge in [-0.3, -0.25) is 9.80 Å². The van der Waals surface area contributed by atoms with Crippen LogP contribution in [-0.2, 0) is 11.3 Å². The first-order valence-corrected chi connectivity index (χ1v) is 9.51. The summed E-state index contributed by atoms with van der Waals surface area (Å²) in [6, 6.07) is 8.14. The minimum atomic E-state index is -0.360. The van der Waals surface area contributed by atoms with Crippen LogP contribution in [0.1, 0.15) is 43.4 Å². The van der Waals surface area contributed by atoms with Crippen LogP contribution in [0.15, 0.2) is 28.8 Å². The summed E-state index contributed by atoms with van der Waals surface area (Å²) in [5, 5.41) is 4.09. The molecule has 0 radical (unpaired) electrons. The SMILES string of the molecule is CC[C@H]1CN(Cc2nc(-c3ccc(C(=O)OC)cc3)no2)CCN1C(C)C. The van der Waals surface area contributed by atoms with Crippen LogP contribution in [0, 0.1) is 0 Å². The van der Waals surface area contributed by atoms with Crippen LogP contribution in [0.3, 0.4) is 0 Å². The van der Waals surface area contributed by atoms with E-state index in [4.69, 9.17) is 9.26 Å². The number of methoxy groups -OCH3 is 1. The molecule has 0 saturated carbocycles. The summed E-state index contributed by atoms with van der Waals surface area (Å²) in [5.74, 6) is 0.797. The molecule has 2 aromatic rings. The van der Waals surface area contributed by atoms with Crippen LogP contribution < -0.4 is 0 Å². The fraction of sp³-hybridized carbons (Fsp3) is 0.550. The first kappa shape index (κ1) is 19.5. The van der Waals surface area contributed by atoms with E-state index in [2.05, 4.69) is 40.7 Å². The average Bonchev–Trinajstić information content (AvgIpc) is 3.15. The number of rotatable bonds is 6.